The van der Waals surface area contributed by atoms with Crippen molar-refractivity contribution >= 4 is 23.6 Å². The van der Waals surface area contributed by atoms with Gasteiger partial charge in [-0.1, -0.05) is 100 Å². The molecule has 0 aromatic heterocycles. The summed E-state index contributed by atoms with van der Waals surface area (Å²) in [5.41, 5.74) is 7.93. The molecule has 4 fully saturated rings. The van der Waals surface area contributed by atoms with Crippen LogP contribution in [-0.4, -0.2) is 89.3 Å². The molecule has 4 atom stereocenters. The van der Waals surface area contributed by atoms with E-state index >= 15 is 0 Å². The summed E-state index contributed by atoms with van der Waals surface area (Å²) in [4.78, 5) is 29.2. The summed E-state index contributed by atoms with van der Waals surface area (Å²) >= 11 is 0. The van der Waals surface area contributed by atoms with E-state index in [-0.39, 0.29) is 36.3 Å². The van der Waals surface area contributed by atoms with Crippen LogP contribution in [0.3, 0.4) is 0 Å². The first kappa shape index (κ1) is 45.7. The standard InChI is InChI=1S/C57H58N2O10/c1-56(2,42-13-25-48(26-14-42)64-34-52-36-66-52)40-9-21-46(22-10-40)62-32-50-30-58(54(60)68-50)44-17-5-38(6-18-44)29-39-7-19-45(20-8-39)59-31-51(69-55(59)61)33-63-47-23-11-41(12-24-47)57(3,4)43-15-27-49(28-16-43)65-35-53-37-67-53/h5-28,50-53H,29-37H2,1-4H3. The topological polar surface area (TPSA) is 121 Å². The molecule has 0 saturated carbocycles. The number of carbonyl (C=O) groups is 2. The second kappa shape index (κ2) is 19.5. The number of hydrogen-bond donors (Lipinski definition) is 0. The van der Waals surface area contributed by atoms with E-state index in [9.17, 15) is 9.59 Å². The molecule has 0 radical (unpaired) electrons. The summed E-state index contributed by atoms with van der Waals surface area (Å²) in [6, 6.07) is 48.5. The summed E-state index contributed by atoms with van der Waals surface area (Å²) in [6.45, 7) is 12.8. The lowest BCUT2D eigenvalue weighted by Crippen LogP contribution is -2.26. The molecule has 0 bridgehead atoms. The van der Waals surface area contributed by atoms with Gasteiger partial charge in [-0.15, -0.1) is 0 Å². The number of hydrogen-bond acceptors (Lipinski definition) is 10. The maximum Gasteiger partial charge on any atom is 0.414 e. The molecule has 10 rings (SSSR count). The fourth-order valence-corrected chi connectivity index (χ4v) is 8.75. The minimum atomic E-state index is -0.408. The Balaban J connectivity index is 0.658. The molecule has 69 heavy (non-hydrogen) atoms. The average molecular weight is 931 g/mol. The first-order chi connectivity index (χ1) is 33.4. The van der Waals surface area contributed by atoms with Gasteiger partial charge < -0.3 is 37.9 Å². The number of benzene rings is 6. The largest absolute Gasteiger partial charge is 0.491 e. The summed E-state index contributed by atoms with van der Waals surface area (Å²) in [7, 11) is 0. The SMILES string of the molecule is CC(C)(c1ccc(OCC2CO2)cc1)c1ccc(OCC2CN(c3ccc(Cc4ccc(N5CC(COc6ccc(C(C)(C)c7ccc(OCC8CO8)cc7)cc6)OC5=O)cc4)cc3)C(=O)O2)cc1. The molecular formula is C57H58N2O10. The zero-order valence-corrected chi connectivity index (χ0v) is 39.5. The normalized spacial score (nSPS) is 19.8. The van der Waals surface area contributed by atoms with Crippen molar-refractivity contribution in [2.45, 2.75) is 69.4 Å². The number of epoxide rings is 2. The van der Waals surface area contributed by atoms with Crippen LogP contribution in [0.5, 0.6) is 23.0 Å². The summed E-state index contributed by atoms with van der Waals surface area (Å²) in [5.74, 6) is 3.11. The third-order valence-electron chi connectivity index (χ3n) is 13.5. The Kier molecular flexibility index (Phi) is 12.9. The molecule has 12 nitrogen and oxygen atoms in total. The summed E-state index contributed by atoms with van der Waals surface area (Å²) in [5, 5.41) is 0. The quantitative estimate of drug-likeness (QED) is 0.0684. The number of cyclic esters (lactones) is 2. The lowest BCUT2D eigenvalue weighted by molar-refractivity contribution is 0.104. The van der Waals surface area contributed by atoms with E-state index in [2.05, 4.69) is 76.2 Å². The van der Waals surface area contributed by atoms with Gasteiger partial charge in [0.05, 0.1) is 26.3 Å². The Morgan fingerprint density at radius 3 is 0.971 bits per heavy atom. The molecule has 4 saturated heterocycles. The van der Waals surface area contributed by atoms with Crippen molar-refractivity contribution in [3.05, 3.63) is 179 Å². The molecule has 4 aliphatic heterocycles. The maximum atomic E-state index is 12.9. The van der Waals surface area contributed by atoms with Crippen LogP contribution in [0.4, 0.5) is 21.0 Å². The van der Waals surface area contributed by atoms with Gasteiger partial charge in [0.15, 0.2) is 12.2 Å². The highest BCUT2D eigenvalue weighted by Gasteiger charge is 2.35. The van der Waals surface area contributed by atoms with E-state index in [0.29, 0.717) is 44.2 Å². The number of rotatable bonds is 20. The van der Waals surface area contributed by atoms with E-state index in [4.69, 9.17) is 37.9 Å². The Labute approximate surface area is 403 Å². The smallest absolute Gasteiger partial charge is 0.414 e. The Bertz CT molecular complexity index is 2510. The predicted molar refractivity (Wildman–Crippen MR) is 262 cm³/mol. The average Bonchev–Trinajstić information content (AvgIpc) is 4.31. The van der Waals surface area contributed by atoms with E-state index < -0.39 is 24.4 Å². The first-order valence-electron chi connectivity index (χ1n) is 23.7. The zero-order chi connectivity index (χ0) is 47.5. The monoisotopic (exact) mass is 930 g/mol. The van der Waals surface area contributed by atoms with Crippen LogP contribution in [-0.2, 0) is 36.2 Å². The molecule has 6 aromatic rings. The fourth-order valence-electron chi connectivity index (χ4n) is 8.75. The molecule has 4 heterocycles. The first-order valence-corrected chi connectivity index (χ1v) is 23.7. The number of anilines is 2. The third-order valence-corrected chi connectivity index (χ3v) is 13.5. The van der Waals surface area contributed by atoms with Gasteiger partial charge in [0.1, 0.15) is 61.6 Å². The Hall–Kier alpha value is -7.02. The minimum absolute atomic E-state index is 0.223. The molecule has 0 spiro atoms. The van der Waals surface area contributed by atoms with Gasteiger partial charge in [-0.05, 0) is 113 Å². The van der Waals surface area contributed by atoms with Crippen molar-refractivity contribution < 1.29 is 47.5 Å². The minimum Gasteiger partial charge on any atom is -0.491 e. The van der Waals surface area contributed by atoms with Crippen LogP contribution in [0.2, 0.25) is 0 Å². The number of nitrogens with zero attached hydrogens (tertiary/aromatic N) is 2. The maximum absolute atomic E-state index is 12.9. The molecule has 0 N–H and O–H groups in total. The fraction of sp³-hybridized carbons (Fsp3) is 0.333. The predicted octanol–water partition coefficient (Wildman–Crippen LogP) is 10.3. The van der Waals surface area contributed by atoms with Gasteiger partial charge >= 0.3 is 12.2 Å². The van der Waals surface area contributed by atoms with Gasteiger partial charge in [0, 0.05) is 22.2 Å². The van der Waals surface area contributed by atoms with Crippen LogP contribution >= 0.6 is 0 Å². The van der Waals surface area contributed by atoms with Crippen LogP contribution in [0.1, 0.15) is 61.1 Å². The Morgan fingerprint density at radius 2 is 0.696 bits per heavy atom. The molecule has 0 aliphatic carbocycles. The van der Waals surface area contributed by atoms with E-state index in [1.807, 2.05) is 97.1 Å². The third kappa shape index (κ3) is 11.0. The molecule has 6 aromatic carbocycles. The van der Waals surface area contributed by atoms with Gasteiger partial charge in [0.25, 0.3) is 0 Å². The van der Waals surface area contributed by atoms with Crippen molar-refractivity contribution in [3.8, 4) is 23.0 Å². The van der Waals surface area contributed by atoms with E-state index in [0.717, 1.165) is 58.3 Å². The summed E-state index contributed by atoms with van der Waals surface area (Å²) in [6.07, 6.45) is -0.474. The van der Waals surface area contributed by atoms with E-state index in [1.54, 1.807) is 9.80 Å². The lowest BCUT2D eigenvalue weighted by atomic mass is 9.78. The highest BCUT2D eigenvalue weighted by molar-refractivity contribution is 5.90. The Morgan fingerprint density at radius 1 is 0.420 bits per heavy atom. The second-order valence-corrected chi connectivity index (χ2v) is 19.2. The van der Waals surface area contributed by atoms with Crippen LogP contribution in [0.15, 0.2) is 146 Å². The second-order valence-electron chi connectivity index (χ2n) is 19.2. The number of amides is 2. The van der Waals surface area contributed by atoms with Crippen molar-refractivity contribution in [1.82, 2.24) is 0 Å². The van der Waals surface area contributed by atoms with E-state index in [1.165, 1.54) is 11.1 Å². The van der Waals surface area contributed by atoms with Gasteiger partial charge in [-0.2, -0.15) is 0 Å². The van der Waals surface area contributed by atoms with Gasteiger partial charge in [-0.25, -0.2) is 9.59 Å². The van der Waals surface area contributed by atoms with Crippen LogP contribution in [0.25, 0.3) is 0 Å². The number of ether oxygens (including phenoxy) is 8. The van der Waals surface area contributed by atoms with Crippen molar-refractivity contribution in [2.24, 2.45) is 0 Å². The van der Waals surface area contributed by atoms with Crippen LogP contribution in [0, 0.1) is 0 Å². The molecule has 356 valence electrons. The molecular weight excluding hydrogens is 873 g/mol. The number of carbonyl (C=O) groups excluding carboxylic acids is 2. The van der Waals surface area contributed by atoms with Gasteiger partial charge in [-0.3, -0.25) is 9.80 Å². The van der Waals surface area contributed by atoms with Crippen molar-refractivity contribution in [3.63, 3.8) is 0 Å². The molecule has 2 amide bonds. The molecule has 12 heteroatoms. The highest BCUT2D eigenvalue weighted by Crippen LogP contribution is 2.36. The lowest BCUT2D eigenvalue weighted by Gasteiger charge is -2.26. The van der Waals surface area contributed by atoms with Crippen molar-refractivity contribution in [1.29, 1.82) is 0 Å². The van der Waals surface area contributed by atoms with Gasteiger partial charge in [0.2, 0.25) is 0 Å². The molecule has 4 aliphatic rings. The molecule has 4 unspecified atom stereocenters. The summed E-state index contributed by atoms with van der Waals surface area (Å²) < 4.78 is 45.7. The zero-order valence-electron chi connectivity index (χ0n) is 39.5. The highest BCUT2D eigenvalue weighted by atomic mass is 16.6. The van der Waals surface area contributed by atoms with Crippen LogP contribution < -0.4 is 28.7 Å². The van der Waals surface area contributed by atoms with Crippen molar-refractivity contribution in [2.75, 3.05) is 62.5 Å².